The first-order valence-electron chi connectivity index (χ1n) is 7.87. The third-order valence-corrected chi connectivity index (χ3v) is 4.36. The maximum atomic E-state index is 11.1. The van der Waals surface area contributed by atoms with Gasteiger partial charge in [0.1, 0.15) is 17.3 Å². The highest BCUT2D eigenvalue weighted by molar-refractivity contribution is 6.32. The number of ether oxygens (including phenoxy) is 1. The lowest BCUT2D eigenvalue weighted by atomic mass is 9.99. The number of anilines is 1. The van der Waals surface area contributed by atoms with Gasteiger partial charge in [-0.1, -0.05) is 23.7 Å². The molecule has 126 valence electrons. The highest BCUT2D eigenvalue weighted by Gasteiger charge is 2.22. The van der Waals surface area contributed by atoms with Crippen molar-refractivity contribution in [3.05, 3.63) is 47.4 Å². The minimum absolute atomic E-state index is 0.175. The van der Waals surface area contributed by atoms with Crippen LogP contribution in [0.2, 0.25) is 5.02 Å². The predicted octanol–water partition coefficient (Wildman–Crippen LogP) is 2.52. The number of piperidine rings is 1. The number of hydrogen-bond donors (Lipinski definition) is 1. The highest BCUT2D eigenvalue weighted by Crippen LogP contribution is 2.26. The summed E-state index contributed by atoms with van der Waals surface area (Å²) in [7, 11) is 0. The van der Waals surface area contributed by atoms with Gasteiger partial charge in [-0.2, -0.15) is 0 Å². The Bertz CT molecular complexity index is 708. The summed E-state index contributed by atoms with van der Waals surface area (Å²) in [6, 6.07) is 7.48. The number of aromatic nitrogens is 2. The molecule has 7 heteroatoms. The van der Waals surface area contributed by atoms with Crippen molar-refractivity contribution in [2.24, 2.45) is 11.7 Å². The Morgan fingerprint density at radius 2 is 2.17 bits per heavy atom. The molecule has 1 unspecified atom stereocenters. The average Bonchev–Trinajstić information content (AvgIpc) is 2.61. The second kappa shape index (κ2) is 7.49. The van der Waals surface area contributed by atoms with E-state index in [0.717, 1.165) is 31.7 Å². The van der Waals surface area contributed by atoms with Gasteiger partial charge in [0, 0.05) is 19.0 Å². The summed E-state index contributed by atoms with van der Waals surface area (Å²) in [5.41, 5.74) is 5.36. The molecule has 0 aliphatic carbocycles. The smallest absolute Gasteiger partial charge is 0.268 e. The Balaban J connectivity index is 1.60. The van der Waals surface area contributed by atoms with E-state index in [1.165, 1.54) is 6.20 Å². The van der Waals surface area contributed by atoms with Gasteiger partial charge in [0.2, 0.25) is 0 Å². The predicted molar refractivity (Wildman–Crippen MR) is 92.4 cm³/mol. The first-order chi connectivity index (χ1) is 11.6. The van der Waals surface area contributed by atoms with E-state index in [-0.39, 0.29) is 5.69 Å². The number of nitrogens with zero attached hydrogens (tertiary/aromatic N) is 3. The minimum atomic E-state index is -0.571. The van der Waals surface area contributed by atoms with Gasteiger partial charge in [-0.15, -0.1) is 0 Å². The lowest BCUT2D eigenvalue weighted by Gasteiger charge is -2.33. The Hall–Kier alpha value is -2.34. The molecule has 24 heavy (non-hydrogen) atoms. The Morgan fingerprint density at radius 1 is 1.33 bits per heavy atom. The van der Waals surface area contributed by atoms with Gasteiger partial charge in [0.25, 0.3) is 5.91 Å². The van der Waals surface area contributed by atoms with Gasteiger partial charge in [-0.05, 0) is 25.0 Å². The van der Waals surface area contributed by atoms with Crippen molar-refractivity contribution in [2.45, 2.75) is 12.8 Å². The van der Waals surface area contributed by atoms with Crippen molar-refractivity contribution in [3.8, 4) is 5.75 Å². The SMILES string of the molecule is NC(=O)c1cnc(N2CCCC(COc3ccccc3Cl)C2)cn1. The number of para-hydroxylation sites is 1. The molecule has 0 bridgehead atoms. The van der Waals surface area contributed by atoms with Crippen molar-refractivity contribution in [1.82, 2.24) is 9.97 Å². The van der Waals surface area contributed by atoms with Crippen LogP contribution in [0, 0.1) is 5.92 Å². The van der Waals surface area contributed by atoms with Gasteiger partial charge >= 0.3 is 0 Å². The number of carbonyl (C=O) groups excluding carboxylic acids is 1. The number of rotatable bonds is 5. The molecule has 2 aromatic rings. The summed E-state index contributed by atoms with van der Waals surface area (Å²) in [5, 5.41) is 0.623. The molecule has 1 aromatic carbocycles. The van der Waals surface area contributed by atoms with Crippen LogP contribution in [0.4, 0.5) is 5.82 Å². The lowest BCUT2D eigenvalue weighted by molar-refractivity contribution is 0.0995. The normalized spacial score (nSPS) is 17.5. The molecule has 2 heterocycles. The van der Waals surface area contributed by atoms with E-state index in [2.05, 4.69) is 14.9 Å². The molecule has 3 rings (SSSR count). The minimum Gasteiger partial charge on any atom is -0.492 e. The van der Waals surface area contributed by atoms with Crippen LogP contribution in [-0.4, -0.2) is 35.6 Å². The highest BCUT2D eigenvalue weighted by atomic mass is 35.5. The van der Waals surface area contributed by atoms with Crippen LogP contribution < -0.4 is 15.4 Å². The standard InChI is InChI=1S/C17H19ClN4O2/c18-13-5-1-2-6-15(13)24-11-12-4-3-7-22(10-12)16-9-20-14(8-21-16)17(19)23/h1-2,5-6,8-9,12H,3-4,7,10-11H2,(H2,19,23). The second-order valence-electron chi connectivity index (χ2n) is 5.82. The number of benzene rings is 1. The van der Waals surface area contributed by atoms with E-state index in [1.54, 1.807) is 6.20 Å². The fourth-order valence-corrected chi connectivity index (χ4v) is 2.98. The van der Waals surface area contributed by atoms with Crippen LogP contribution in [-0.2, 0) is 0 Å². The number of carbonyl (C=O) groups is 1. The third-order valence-electron chi connectivity index (χ3n) is 4.04. The molecule has 2 N–H and O–H groups in total. The van der Waals surface area contributed by atoms with E-state index in [0.29, 0.717) is 23.3 Å². The van der Waals surface area contributed by atoms with E-state index in [9.17, 15) is 4.79 Å². The largest absolute Gasteiger partial charge is 0.492 e. The summed E-state index contributed by atoms with van der Waals surface area (Å²) < 4.78 is 5.86. The maximum absolute atomic E-state index is 11.1. The van der Waals surface area contributed by atoms with Crippen LogP contribution >= 0.6 is 11.6 Å². The van der Waals surface area contributed by atoms with Crippen molar-refractivity contribution in [3.63, 3.8) is 0 Å². The first kappa shape index (κ1) is 16.5. The van der Waals surface area contributed by atoms with Gasteiger partial charge in [-0.3, -0.25) is 4.79 Å². The summed E-state index contributed by atoms with van der Waals surface area (Å²) in [4.78, 5) is 21.6. The van der Waals surface area contributed by atoms with Crippen molar-refractivity contribution >= 4 is 23.3 Å². The fourth-order valence-electron chi connectivity index (χ4n) is 2.79. The Kier molecular flexibility index (Phi) is 5.15. The first-order valence-corrected chi connectivity index (χ1v) is 8.25. The van der Waals surface area contributed by atoms with Crippen LogP contribution in [0.1, 0.15) is 23.3 Å². The molecule has 1 aromatic heterocycles. The van der Waals surface area contributed by atoms with Crippen molar-refractivity contribution < 1.29 is 9.53 Å². The van der Waals surface area contributed by atoms with Crippen LogP contribution in [0.15, 0.2) is 36.7 Å². The van der Waals surface area contributed by atoms with E-state index in [4.69, 9.17) is 22.1 Å². The van der Waals surface area contributed by atoms with E-state index >= 15 is 0 Å². The van der Waals surface area contributed by atoms with Crippen molar-refractivity contribution in [2.75, 3.05) is 24.6 Å². The molecule has 0 spiro atoms. The molecule has 1 fully saturated rings. The molecule has 1 amide bonds. The molecule has 0 radical (unpaired) electrons. The number of halogens is 1. The fraction of sp³-hybridized carbons (Fsp3) is 0.353. The Morgan fingerprint density at radius 3 is 2.88 bits per heavy atom. The summed E-state index contributed by atoms with van der Waals surface area (Å²) in [6.45, 7) is 2.34. The van der Waals surface area contributed by atoms with Crippen molar-refractivity contribution in [1.29, 1.82) is 0 Å². The molecule has 1 saturated heterocycles. The Labute approximate surface area is 145 Å². The molecule has 0 saturated carbocycles. The van der Waals surface area contributed by atoms with Crippen LogP contribution in [0.25, 0.3) is 0 Å². The quantitative estimate of drug-likeness (QED) is 0.899. The van der Waals surface area contributed by atoms with Crippen LogP contribution in [0.3, 0.4) is 0 Å². The van der Waals surface area contributed by atoms with Gasteiger partial charge in [0.15, 0.2) is 0 Å². The molecule has 1 aliphatic heterocycles. The molecule has 6 nitrogen and oxygen atoms in total. The van der Waals surface area contributed by atoms with Gasteiger partial charge in [0.05, 0.1) is 24.0 Å². The molecule has 1 aliphatic rings. The number of primary amides is 1. The zero-order valence-corrected chi connectivity index (χ0v) is 13.9. The van der Waals surface area contributed by atoms with E-state index in [1.807, 2.05) is 24.3 Å². The maximum Gasteiger partial charge on any atom is 0.268 e. The topological polar surface area (TPSA) is 81.3 Å². The zero-order chi connectivity index (χ0) is 16.9. The summed E-state index contributed by atoms with van der Waals surface area (Å²) in [6.07, 6.45) is 5.16. The number of amides is 1. The second-order valence-corrected chi connectivity index (χ2v) is 6.23. The third kappa shape index (κ3) is 3.94. The summed E-state index contributed by atoms with van der Waals surface area (Å²) >= 11 is 6.12. The monoisotopic (exact) mass is 346 g/mol. The lowest BCUT2D eigenvalue weighted by Crippen LogP contribution is -2.38. The van der Waals surface area contributed by atoms with E-state index < -0.39 is 5.91 Å². The summed E-state index contributed by atoms with van der Waals surface area (Å²) in [5.74, 6) is 1.27. The van der Waals surface area contributed by atoms with Gasteiger partial charge < -0.3 is 15.4 Å². The average molecular weight is 347 g/mol. The molecular formula is C17H19ClN4O2. The molecule has 1 atom stereocenters. The molecular weight excluding hydrogens is 328 g/mol. The number of nitrogens with two attached hydrogens (primary N) is 1. The number of hydrogen-bond acceptors (Lipinski definition) is 5. The van der Waals surface area contributed by atoms with Crippen LogP contribution in [0.5, 0.6) is 5.75 Å². The van der Waals surface area contributed by atoms with Gasteiger partial charge in [-0.25, -0.2) is 9.97 Å². The zero-order valence-electron chi connectivity index (χ0n) is 13.2.